The van der Waals surface area contributed by atoms with Gasteiger partial charge in [-0.3, -0.25) is 4.79 Å². The van der Waals surface area contributed by atoms with Crippen molar-refractivity contribution in [2.75, 3.05) is 6.54 Å². The summed E-state index contributed by atoms with van der Waals surface area (Å²) in [4.78, 5) is 23.3. The van der Waals surface area contributed by atoms with Crippen LogP contribution in [0.4, 0.5) is 0 Å². The van der Waals surface area contributed by atoms with Crippen molar-refractivity contribution in [2.24, 2.45) is 0 Å². The van der Waals surface area contributed by atoms with Gasteiger partial charge in [0.2, 0.25) is 5.91 Å². The standard InChI is InChI=1S/C21H25Cl2N3O/c1-12-10-16(25-15(4)24-12)6-5-7-19(27)26-9-8-17-18(11-26)21(23)14(3)13(2)20(17)22/h10H,5-9,11H2,1-4H3. The van der Waals surface area contributed by atoms with Crippen molar-refractivity contribution < 1.29 is 4.79 Å². The highest BCUT2D eigenvalue weighted by molar-refractivity contribution is 6.35. The number of hydrogen-bond acceptors (Lipinski definition) is 3. The van der Waals surface area contributed by atoms with Crippen LogP contribution < -0.4 is 0 Å². The van der Waals surface area contributed by atoms with Gasteiger partial charge in [-0.25, -0.2) is 9.97 Å². The van der Waals surface area contributed by atoms with Crippen LogP contribution in [0.15, 0.2) is 6.07 Å². The van der Waals surface area contributed by atoms with E-state index in [2.05, 4.69) is 9.97 Å². The van der Waals surface area contributed by atoms with E-state index in [1.165, 1.54) is 0 Å². The third-order valence-corrected chi connectivity index (χ3v) is 6.31. The zero-order chi connectivity index (χ0) is 19.7. The first kappa shape index (κ1) is 20.1. The summed E-state index contributed by atoms with van der Waals surface area (Å²) in [5.74, 6) is 0.940. The normalized spacial score (nSPS) is 13.6. The van der Waals surface area contributed by atoms with E-state index in [9.17, 15) is 4.79 Å². The molecule has 0 spiro atoms. The number of fused-ring (bicyclic) bond motifs is 1. The Balaban J connectivity index is 1.64. The van der Waals surface area contributed by atoms with Crippen LogP contribution in [0.3, 0.4) is 0 Å². The first-order chi connectivity index (χ1) is 12.8. The maximum atomic E-state index is 12.7. The molecule has 2 aromatic rings. The number of nitrogens with zero attached hydrogens (tertiary/aromatic N) is 3. The molecular weight excluding hydrogens is 381 g/mol. The molecule has 0 aliphatic carbocycles. The van der Waals surface area contributed by atoms with Crippen molar-refractivity contribution in [1.29, 1.82) is 0 Å². The molecule has 1 amide bonds. The monoisotopic (exact) mass is 405 g/mol. The Hall–Kier alpha value is -1.65. The largest absolute Gasteiger partial charge is 0.338 e. The second kappa shape index (κ2) is 8.15. The quantitative estimate of drug-likeness (QED) is 0.724. The van der Waals surface area contributed by atoms with Gasteiger partial charge in [0, 0.05) is 40.9 Å². The molecule has 3 rings (SSSR count). The number of rotatable bonds is 4. The lowest BCUT2D eigenvalue weighted by Gasteiger charge is -2.31. The predicted octanol–water partition coefficient (Wildman–Crippen LogP) is 4.92. The average Bonchev–Trinajstić information content (AvgIpc) is 2.63. The van der Waals surface area contributed by atoms with Crippen LogP contribution in [-0.4, -0.2) is 27.3 Å². The Morgan fingerprint density at radius 3 is 2.41 bits per heavy atom. The predicted molar refractivity (Wildman–Crippen MR) is 110 cm³/mol. The molecule has 6 heteroatoms. The summed E-state index contributed by atoms with van der Waals surface area (Å²) in [6, 6.07) is 1.99. The van der Waals surface area contributed by atoms with Gasteiger partial charge < -0.3 is 4.90 Å². The molecule has 0 radical (unpaired) electrons. The van der Waals surface area contributed by atoms with Crippen LogP contribution in [-0.2, 0) is 24.2 Å². The molecular formula is C21H25Cl2N3O. The molecule has 2 heterocycles. The molecule has 27 heavy (non-hydrogen) atoms. The average molecular weight is 406 g/mol. The van der Waals surface area contributed by atoms with Crippen LogP contribution in [0.1, 0.15) is 52.3 Å². The first-order valence-corrected chi connectivity index (χ1v) is 10.1. The number of aromatic nitrogens is 2. The number of hydrogen-bond donors (Lipinski definition) is 0. The van der Waals surface area contributed by atoms with E-state index in [0.29, 0.717) is 19.5 Å². The van der Waals surface area contributed by atoms with Crippen LogP contribution in [0.5, 0.6) is 0 Å². The molecule has 0 bridgehead atoms. The number of carbonyl (C=O) groups excluding carboxylic acids is 1. The van der Waals surface area contributed by atoms with Gasteiger partial charge >= 0.3 is 0 Å². The van der Waals surface area contributed by atoms with Crippen molar-refractivity contribution in [3.63, 3.8) is 0 Å². The molecule has 0 saturated carbocycles. The number of halogens is 2. The lowest BCUT2D eigenvalue weighted by atomic mass is 9.94. The van der Waals surface area contributed by atoms with Gasteiger partial charge in [-0.1, -0.05) is 23.2 Å². The van der Waals surface area contributed by atoms with Gasteiger partial charge in [0.15, 0.2) is 0 Å². The molecule has 0 saturated heterocycles. The SMILES string of the molecule is Cc1cc(CCCC(=O)N2CCc3c(Cl)c(C)c(C)c(Cl)c3C2)nc(C)n1. The maximum Gasteiger partial charge on any atom is 0.222 e. The van der Waals surface area contributed by atoms with Crippen molar-refractivity contribution in [1.82, 2.24) is 14.9 Å². The minimum Gasteiger partial charge on any atom is -0.338 e. The van der Waals surface area contributed by atoms with Crippen molar-refractivity contribution >= 4 is 29.1 Å². The molecule has 1 aromatic carbocycles. The van der Waals surface area contributed by atoms with E-state index < -0.39 is 0 Å². The van der Waals surface area contributed by atoms with Crippen molar-refractivity contribution in [2.45, 2.75) is 59.9 Å². The second-order valence-corrected chi connectivity index (χ2v) is 8.06. The molecule has 4 nitrogen and oxygen atoms in total. The Morgan fingerprint density at radius 1 is 1.07 bits per heavy atom. The number of aryl methyl sites for hydroxylation is 3. The van der Waals surface area contributed by atoms with E-state index in [4.69, 9.17) is 23.2 Å². The van der Waals surface area contributed by atoms with Gasteiger partial charge in [-0.2, -0.15) is 0 Å². The van der Waals surface area contributed by atoms with Crippen molar-refractivity contribution in [3.8, 4) is 0 Å². The Morgan fingerprint density at radius 2 is 1.74 bits per heavy atom. The van der Waals surface area contributed by atoms with Crippen molar-refractivity contribution in [3.05, 3.63) is 55.6 Å². The molecule has 1 aliphatic rings. The minimum absolute atomic E-state index is 0.161. The van der Waals surface area contributed by atoms with Gasteiger partial charge in [0.1, 0.15) is 5.82 Å². The lowest BCUT2D eigenvalue weighted by molar-refractivity contribution is -0.132. The topological polar surface area (TPSA) is 46.1 Å². The number of carbonyl (C=O) groups is 1. The first-order valence-electron chi connectivity index (χ1n) is 9.32. The van der Waals surface area contributed by atoms with Crippen LogP contribution in [0, 0.1) is 27.7 Å². The van der Waals surface area contributed by atoms with Crippen LogP contribution >= 0.6 is 23.2 Å². The Labute approximate surface area is 170 Å². The summed E-state index contributed by atoms with van der Waals surface area (Å²) < 4.78 is 0. The molecule has 144 valence electrons. The van der Waals surface area contributed by atoms with Gasteiger partial charge in [0.05, 0.1) is 0 Å². The van der Waals surface area contributed by atoms with E-state index in [0.717, 1.165) is 68.8 Å². The van der Waals surface area contributed by atoms with E-state index in [1.54, 1.807) is 0 Å². The number of benzene rings is 1. The smallest absolute Gasteiger partial charge is 0.222 e. The third-order valence-electron chi connectivity index (χ3n) is 5.29. The van der Waals surface area contributed by atoms with Gasteiger partial charge in [0.25, 0.3) is 0 Å². The fraction of sp³-hybridized carbons (Fsp3) is 0.476. The molecule has 0 fully saturated rings. The van der Waals surface area contributed by atoms with Crippen LogP contribution in [0.2, 0.25) is 10.0 Å². The second-order valence-electron chi connectivity index (χ2n) is 7.30. The summed E-state index contributed by atoms with van der Waals surface area (Å²) in [6.07, 6.45) is 2.82. The molecule has 0 N–H and O–H groups in total. The zero-order valence-corrected chi connectivity index (χ0v) is 17.8. The summed E-state index contributed by atoms with van der Waals surface area (Å²) >= 11 is 13.1. The van der Waals surface area contributed by atoms with Gasteiger partial charge in [-0.15, -0.1) is 0 Å². The summed E-state index contributed by atoms with van der Waals surface area (Å²) in [5, 5.41) is 1.55. The summed E-state index contributed by atoms with van der Waals surface area (Å²) in [5.41, 5.74) is 6.11. The van der Waals surface area contributed by atoms with Gasteiger partial charge in [-0.05, 0) is 75.3 Å². The highest BCUT2D eigenvalue weighted by Crippen LogP contribution is 2.37. The fourth-order valence-corrected chi connectivity index (χ4v) is 4.37. The summed E-state index contributed by atoms with van der Waals surface area (Å²) in [7, 11) is 0. The highest BCUT2D eigenvalue weighted by Gasteiger charge is 2.26. The molecule has 0 unspecified atom stereocenters. The van der Waals surface area contributed by atoms with Crippen LogP contribution in [0.25, 0.3) is 0 Å². The lowest BCUT2D eigenvalue weighted by Crippen LogP contribution is -2.36. The molecule has 1 aromatic heterocycles. The zero-order valence-electron chi connectivity index (χ0n) is 16.3. The Bertz CT molecular complexity index is 875. The summed E-state index contributed by atoms with van der Waals surface area (Å²) in [6.45, 7) is 9.07. The fourth-order valence-electron chi connectivity index (χ4n) is 3.70. The van der Waals surface area contributed by atoms with E-state index in [-0.39, 0.29) is 5.91 Å². The molecule has 1 aliphatic heterocycles. The molecule has 0 atom stereocenters. The van der Waals surface area contributed by atoms with E-state index in [1.807, 2.05) is 38.7 Å². The highest BCUT2D eigenvalue weighted by atomic mass is 35.5. The van der Waals surface area contributed by atoms with E-state index >= 15 is 0 Å². The number of amides is 1. The minimum atomic E-state index is 0.161. The maximum absolute atomic E-state index is 12.7. The third kappa shape index (κ3) is 4.27. The Kier molecular flexibility index (Phi) is 6.07.